The van der Waals surface area contributed by atoms with Gasteiger partial charge >= 0.3 is 7.12 Å². The van der Waals surface area contributed by atoms with Crippen LogP contribution < -0.4 is 0 Å². The van der Waals surface area contributed by atoms with E-state index in [9.17, 15) is 19.7 Å². The van der Waals surface area contributed by atoms with Gasteiger partial charge in [-0.2, -0.15) is 0 Å². The number of aromatic nitrogens is 1. The Bertz CT molecular complexity index is 1350. The van der Waals surface area contributed by atoms with Crippen molar-refractivity contribution in [1.29, 1.82) is 0 Å². The van der Waals surface area contributed by atoms with Gasteiger partial charge in [0.1, 0.15) is 5.75 Å². The average Bonchev–Trinajstić information content (AvgIpc) is 3.19. The van der Waals surface area contributed by atoms with Gasteiger partial charge in [-0.05, 0) is 116 Å². The number of phenols is 1. The molecule has 4 atom stereocenters. The Morgan fingerprint density at radius 1 is 1.12 bits per heavy atom. The number of hydrogen-bond acceptors (Lipinski definition) is 6. The Morgan fingerprint density at radius 3 is 2.54 bits per heavy atom. The lowest BCUT2D eigenvalue weighted by Crippen LogP contribution is -2.46. The molecule has 0 spiro atoms. The second-order valence-corrected chi connectivity index (χ2v) is 11.8. The van der Waals surface area contributed by atoms with Crippen molar-refractivity contribution in [2.75, 3.05) is 6.54 Å². The van der Waals surface area contributed by atoms with Crippen molar-refractivity contribution in [3.63, 3.8) is 0 Å². The van der Waals surface area contributed by atoms with E-state index in [4.69, 9.17) is 4.65 Å². The summed E-state index contributed by atoms with van der Waals surface area (Å²) in [5, 5.41) is 21.2. The molecule has 3 heterocycles. The maximum Gasteiger partial charge on any atom is 0.455 e. The number of phenolic OH excluding ortho intramolecular Hbond substituents is 1. The summed E-state index contributed by atoms with van der Waals surface area (Å²) >= 11 is 0. The monoisotopic (exact) mass is 556 g/mol. The van der Waals surface area contributed by atoms with E-state index in [0.29, 0.717) is 37.9 Å². The van der Waals surface area contributed by atoms with Crippen LogP contribution in [0.4, 0.5) is 0 Å². The highest BCUT2D eigenvalue weighted by molar-refractivity contribution is 6.43. The number of nitrogens with zero attached hydrogens (tertiary/aromatic N) is 2. The molecule has 2 amide bonds. The van der Waals surface area contributed by atoms with Gasteiger partial charge in [-0.15, -0.1) is 0 Å². The summed E-state index contributed by atoms with van der Waals surface area (Å²) in [5.74, 6) is -0.765. The average molecular weight is 557 g/mol. The minimum absolute atomic E-state index is 0.0492. The third-order valence-electron chi connectivity index (χ3n) is 8.92. The number of fused-ring (bicyclic) bond motifs is 3. The number of carbonyl (C=O) groups excluding carboxylic acids is 2. The van der Waals surface area contributed by atoms with Crippen LogP contribution >= 0.6 is 0 Å². The summed E-state index contributed by atoms with van der Waals surface area (Å²) in [6.07, 6.45) is 8.28. The van der Waals surface area contributed by atoms with Gasteiger partial charge in [0.15, 0.2) is 0 Å². The van der Waals surface area contributed by atoms with E-state index < -0.39 is 13.0 Å². The minimum Gasteiger partial charge on any atom is -0.507 e. The quantitative estimate of drug-likeness (QED) is 0.233. The van der Waals surface area contributed by atoms with E-state index in [-0.39, 0.29) is 29.8 Å². The van der Waals surface area contributed by atoms with Gasteiger partial charge in [-0.3, -0.25) is 19.5 Å². The molecule has 5 rings (SSSR count). The number of amides is 2. The van der Waals surface area contributed by atoms with Crippen molar-refractivity contribution < 1.29 is 24.4 Å². The molecule has 1 aromatic heterocycles. The van der Waals surface area contributed by atoms with Crippen molar-refractivity contribution in [3.8, 4) is 5.75 Å². The number of benzene rings is 1. The van der Waals surface area contributed by atoms with Gasteiger partial charge in [-0.1, -0.05) is 31.9 Å². The van der Waals surface area contributed by atoms with Crippen molar-refractivity contribution in [1.82, 2.24) is 9.88 Å². The first-order valence-electron chi connectivity index (χ1n) is 15.1. The molecule has 2 fully saturated rings. The Hall–Kier alpha value is -3.23. The summed E-state index contributed by atoms with van der Waals surface area (Å²) in [5.41, 5.74) is 6.87. The topological polar surface area (TPSA) is 100.0 Å². The number of imide groups is 1. The molecule has 216 valence electrons. The summed E-state index contributed by atoms with van der Waals surface area (Å²) < 4.78 is 6.21. The highest BCUT2D eigenvalue weighted by atomic mass is 16.5. The van der Waals surface area contributed by atoms with Crippen LogP contribution in [0.1, 0.15) is 74.8 Å². The molecule has 2 aliphatic heterocycles. The fourth-order valence-electron chi connectivity index (χ4n) is 7.20. The lowest BCUT2D eigenvalue weighted by Gasteiger charge is -2.43. The molecule has 1 aliphatic carbocycles. The molecule has 0 unspecified atom stereocenters. The highest BCUT2D eigenvalue weighted by Gasteiger charge is 2.56. The number of rotatable bonds is 9. The summed E-state index contributed by atoms with van der Waals surface area (Å²) in [7, 11) is -0.983. The Kier molecular flexibility index (Phi) is 8.81. The molecule has 41 heavy (non-hydrogen) atoms. The van der Waals surface area contributed by atoms with Crippen molar-refractivity contribution in [3.05, 3.63) is 70.1 Å². The Balaban J connectivity index is 1.48. The second-order valence-electron chi connectivity index (χ2n) is 11.8. The van der Waals surface area contributed by atoms with Crippen LogP contribution in [-0.4, -0.2) is 51.6 Å². The fourth-order valence-corrected chi connectivity index (χ4v) is 7.20. The van der Waals surface area contributed by atoms with Crippen LogP contribution in [0.5, 0.6) is 5.75 Å². The smallest absolute Gasteiger partial charge is 0.455 e. The molecule has 1 aromatic carbocycles. The predicted molar refractivity (Wildman–Crippen MR) is 161 cm³/mol. The van der Waals surface area contributed by atoms with Crippen LogP contribution in [0, 0.1) is 31.6 Å². The number of aromatic hydroxyl groups is 1. The van der Waals surface area contributed by atoms with Crippen molar-refractivity contribution >= 4 is 30.6 Å². The van der Waals surface area contributed by atoms with Crippen molar-refractivity contribution in [2.45, 2.75) is 78.6 Å². The molecule has 3 aliphatic rings. The van der Waals surface area contributed by atoms with E-state index >= 15 is 0 Å². The molecule has 2 aromatic rings. The Morgan fingerprint density at radius 2 is 1.88 bits per heavy atom. The maximum atomic E-state index is 13.5. The predicted octanol–water partition coefficient (Wildman–Crippen LogP) is 5.73. The van der Waals surface area contributed by atoms with Crippen LogP contribution in [0.25, 0.3) is 11.6 Å². The molecule has 8 heteroatoms. The number of aryl methyl sites for hydroxylation is 2. The summed E-state index contributed by atoms with van der Waals surface area (Å²) in [6.45, 7) is 8.36. The molecular formula is C33H41BN2O5. The Labute approximate surface area is 243 Å². The van der Waals surface area contributed by atoms with Crippen LogP contribution in [0.2, 0.25) is 6.32 Å². The zero-order valence-corrected chi connectivity index (χ0v) is 24.6. The molecule has 7 nitrogen and oxygen atoms in total. The largest absolute Gasteiger partial charge is 0.507 e. The standard InChI is InChI=1S/C33H41BN2O5/c1-5-9-24-18-25-30(33(39)36(14-6-2)32(25)38)26-19-34(40)41-28(29(24)26)12-11-23(27-10-7-8-13-35-27)17-22-15-20(3)31(37)21(4)16-22/h7-8,10,13,15-17,25-26,28,30,37,40H,5-6,9,11-12,14,18-19H2,1-4H3/b23-17-/t25-,26+,28-,30-/m1/s1. The van der Waals surface area contributed by atoms with Gasteiger partial charge < -0.3 is 14.8 Å². The lowest BCUT2D eigenvalue weighted by atomic mass is 9.58. The third kappa shape index (κ3) is 5.77. The first kappa shape index (κ1) is 29.3. The molecular weight excluding hydrogens is 515 g/mol. The van der Waals surface area contributed by atoms with Gasteiger partial charge in [0.05, 0.1) is 23.6 Å². The summed E-state index contributed by atoms with van der Waals surface area (Å²) in [4.78, 5) is 32.9. The van der Waals surface area contributed by atoms with Crippen molar-refractivity contribution in [2.24, 2.45) is 17.8 Å². The molecule has 2 saturated heterocycles. The zero-order chi connectivity index (χ0) is 29.3. The fraction of sp³-hybridized carbons (Fsp3) is 0.485. The van der Waals surface area contributed by atoms with Crippen LogP contribution in [-0.2, 0) is 14.2 Å². The second kappa shape index (κ2) is 12.3. The van der Waals surface area contributed by atoms with E-state index in [2.05, 4.69) is 18.0 Å². The molecule has 2 N–H and O–H groups in total. The first-order valence-corrected chi connectivity index (χ1v) is 15.1. The van der Waals surface area contributed by atoms with Gasteiger partial charge in [0.2, 0.25) is 11.8 Å². The SMILES string of the molecule is CCCC1=C2[C@@H](CC/C(=C/c3cc(C)c(O)c(C)c3)c3ccccn3)OB(O)C[C@@H]2[C@@H]2C(=O)N(CCC)C(=O)[C@@H]2C1. The van der Waals surface area contributed by atoms with E-state index in [1.165, 1.54) is 10.5 Å². The molecule has 0 bridgehead atoms. The van der Waals surface area contributed by atoms with E-state index in [1.54, 1.807) is 6.20 Å². The van der Waals surface area contributed by atoms with Gasteiger partial charge in [-0.25, -0.2) is 0 Å². The number of carbonyl (C=O) groups is 2. The van der Waals surface area contributed by atoms with Gasteiger partial charge in [0.25, 0.3) is 0 Å². The zero-order valence-electron chi connectivity index (χ0n) is 24.6. The normalized spacial score (nSPS) is 24.7. The maximum absolute atomic E-state index is 13.5. The molecule has 0 saturated carbocycles. The highest BCUT2D eigenvalue weighted by Crippen LogP contribution is 2.51. The number of likely N-dealkylation sites (tertiary alicyclic amines) is 1. The van der Waals surface area contributed by atoms with Crippen LogP contribution in [0.15, 0.2) is 47.7 Å². The number of hydrogen-bond donors (Lipinski definition) is 2. The number of allylic oxidation sites excluding steroid dienone is 2. The van der Waals surface area contributed by atoms with E-state index in [0.717, 1.165) is 52.8 Å². The summed E-state index contributed by atoms with van der Waals surface area (Å²) in [6, 6.07) is 9.78. The first-order chi connectivity index (χ1) is 19.7. The number of pyridine rings is 1. The minimum atomic E-state index is -0.983. The van der Waals surface area contributed by atoms with E-state index in [1.807, 2.05) is 51.1 Å². The van der Waals surface area contributed by atoms with Crippen LogP contribution in [0.3, 0.4) is 0 Å². The third-order valence-corrected chi connectivity index (χ3v) is 8.92. The lowest BCUT2D eigenvalue weighted by molar-refractivity contribution is -0.140. The van der Waals surface area contributed by atoms with Gasteiger partial charge in [0, 0.05) is 12.7 Å². The molecule has 0 radical (unpaired) electrons.